The minimum Gasteiger partial charge on any atom is -0.493 e. The molecule has 0 aromatic heterocycles. The van der Waals surface area contributed by atoms with Crippen LogP contribution in [-0.4, -0.2) is 31.6 Å². The van der Waals surface area contributed by atoms with Crippen molar-refractivity contribution in [2.75, 3.05) is 19.7 Å². The Morgan fingerprint density at radius 1 is 1.30 bits per heavy atom. The van der Waals surface area contributed by atoms with Crippen LogP contribution in [0.3, 0.4) is 0 Å². The van der Waals surface area contributed by atoms with Crippen molar-refractivity contribution in [1.29, 1.82) is 0 Å². The summed E-state index contributed by atoms with van der Waals surface area (Å²) in [5.41, 5.74) is 0. The van der Waals surface area contributed by atoms with Gasteiger partial charge in [-0.25, -0.2) is 0 Å². The Balaban J connectivity index is 0.00000200. The Morgan fingerprint density at radius 2 is 1.95 bits per heavy atom. The number of hydrogen-bond donors (Lipinski definition) is 2. The first-order valence-corrected chi connectivity index (χ1v) is 7.00. The Kier molecular flexibility index (Phi) is 7.73. The topological polar surface area (TPSA) is 50.4 Å². The molecule has 0 atom stereocenters. The SMILES string of the molecule is Cl.O=C(CCOc1ccc(Cl)cc1)NC1CCNCC1. The maximum absolute atomic E-state index is 11.7. The van der Waals surface area contributed by atoms with Gasteiger partial charge in [-0.3, -0.25) is 4.79 Å². The van der Waals surface area contributed by atoms with Crippen LogP contribution >= 0.6 is 24.0 Å². The lowest BCUT2D eigenvalue weighted by Gasteiger charge is -2.23. The maximum Gasteiger partial charge on any atom is 0.223 e. The van der Waals surface area contributed by atoms with Gasteiger partial charge >= 0.3 is 0 Å². The Bertz CT molecular complexity index is 406. The van der Waals surface area contributed by atoms with E-state index < -0.39 is 0 Å². The molecule has 1 amide bonds. The zero-order valence-electron chi connectivity index (χ0n) is 11.2. The Labute approximate surface area is 130 Å². The molecule has 2 N–H and O–H groups in total. The molecule has 0 unspecified atom stereocenters. The minimum absolute atomic E-state index is 0. The molecule has 0 spiro atoms. The molecule has 1 saturated heterocycles. The summed E-state index contributed by atoms with van der Waals surface area (Å²) in [5, 5.41) is 6.98. The molecule has 1 aliphatic heterocycles. The highest BCUT2D eigenvalue weighted by molar-refractivity contribution is 6.30. The number of piperidine rings is 1. The first kappa shape index (κ1) is 17.1. The van der Waals surface area contributed by atoms with Gasteiger partial charge in [-0.1, -0.05) is 11.6 Å². The van der Waals surface area contributed by atoms with Gasteiger partial charge in [-0.15, -0.1) is 12.4 Å². The smallest absolute Gasteiger partial charge is 0.223 e. The molecule has 20 heavy (non-hydrogen) atoms. The van der Waals surface area contributed by atoms with E-state index in [2.05, 4.69) is 10.6 Å². The summed E-state index contributed by atoms with van der Waals surface area (Å²) in [7, 11) is 0. The van der Waals surface area contributed by atoms with E-state index in [1.165, 1.54) is 0 Å². The number of hydrogen-bond acceptors (Lipinski definition) is 3. The van der Waals surface area contributed by atoms with Gasteiger partial charge in [0.1, 0.15) is 5.75 Å². The molecule has 1 heterocycles. The van der Waals surface area contributed by atoms with Gasteiger partial charge in [-0.05, 0) is 50.2 Å². The highest BCUT2D eigenvalue weighted by Crippen LogP contribution is 2.15. The second-order valence-corrected chi connectivity index (χ2v) is 5.08. The molecule has 0 aliphatic carbocycles. The minimum atomic E-state index is 0. The molecule has 4 nitrogen and oxygen atoms in total. The average Bonchev–Trinajstić information content (AvgIpc) is 2.42. The highest BCUT2D eigenvalue weighted by Gasteiger charge is 2.14. The zero-order chi connectivity index (χ0) is 13.5. The number of carbonyl (C=O) groups is 1. The van der Waals surface area contributed by atoms with E-state index in [0.29, 0.717) is 24.1 Å². The number of carbonyl (C=O) groups excluding carboxylic acids is 1. The first-order valence-electron chi connectivity index (χ1n) is 6.62. The van der Waals surface area contributed by atoms with Crippen LogP contribution in [0.1, 0.15) is 19.3 Å². The maximum atomic E-state index is 11.7. The average molecular weight is 319 g/mol. The van der Waals surface area contributed by atoms with Gasteiger partial charge in [0.2, 0.25) is 5.91 Å². The fraction of sp³-hybridized carbons (Fsp3) is 0.500. The fourth-order valence-electron chi connectivity index (χ4n) is 2.06. The molecule has 2 rings (SSSR count). The third-order valence-electron chi connectivity index (χ3n) is 3.12. The number of halogens is 2. The molecule has 0 saturated carbocycles. The Hall–Kier alpha value is -0.970. The van der Waals surface area contributed by atoms with E-state index in [4.69, 9.17) is 16.3 Å². The predicted molar refractivity (Wildman–Crippen MR) is 82.8 cm³/mol. The predicted octanol–water partition coefficient (Wildman–Crippen LogP) is 2.40. The van der Waals surface area contributed by atoms with Crippen LogP contribution < -0.4 is 15.4 Å². The first-order chi connectivity index (χ1) is 9.24. The lowest BCUT2D eigenvalue weighted by atomic mass is 10.1. The largest absolute Gasteiger partial charge is 0.493 e. The van der Waals surface area contributed by atoms with Crippen molar-refractivity contribution in [3.05, 3.63) is 29.3 Å². The van der Waals surface area contributed by atoms with Gasteiger partial charge in [-0.2, -0.15) is 0 Å². The molecule has 1 aliphatic rings. The molecule has 0 radical (unpaired) electrons. The summed E-state index contributed by atoms with van der Waals surface area (Å²) >= 11 is 5.78. The van der Waals surface area contributed by atoms with Crippen molar-refractivity contribution >= 4 is 29.9 Å². The summed E-state index contributed by atoms with van der Waals surface area (Å²) < 4.78 is 5.49. The normalized spacial score (nSPS) is 15.2. The van der Waals surface area contributed by atoms with Gasteiger partial charge in [0.25, 0.3) is 0 Å². The number of benzene rings is 1. The van der Waals surface area contributed by atoms with Crippen LogP contribution in [0.15, 0.2) is 24.3 Å². The third-order valence-corrected chi connectivity index (χ3v) is 3.37. The van der Waals surface area contributed by atoms with Gasteiger partial charge < -0.3 is 15.4 Å². The van der Waals surface area contributed by atoms with Crippen molar-refractivity contribution in [3.8, 4) is 5.75 Å². The second kappa shape index (κ2) is 9.06. The summed E-state index contributed by atoms with van der Waals surface area (Å²) in [6.07, 6.45) is 2.39. The van der Waals surface area contributed by atoms with Gasteiger partial charge in [0.15, 0.2) is 0 Å². The number of amides is 1. The fourth-order valence-corrected chi connectivity index (χ4v) is 2.18. The molecule has 1 aromatic carbocycles. The molecule has 1 aromatic rings. The number of rotatable bonds is 5. The lowest BCUT2D eigenvalue weighted by Crippen LogP contribution is -2.43. The monoisotopic (exact) mass is 318 g/mol. The molecule has 6 heteroatoms. The summed E-state index contributed by atoms with van der Waals surface area (Å²) in [6.45, 7) is 2.34. The molecule has 1 fully saturated rings. The van der Waals surface area contributed by atoms with Crippen molar-refractivity contribution in [3.63, 3.8) is 0 Å². The van der Waals surface area contributed by atoms with E-state index in [9.17, 15) is 4.79 Å². The standard InChI is InChI=1S/C14H19ClN2O2.ClH/c15-11-1-3-13(4-2-11)19-10-7-14(18)17-12-5-8-16-9-6-12;/h1-4,12,16H,5-10H2,(H,17,18);1H. The van der Waals surface area contributed by atoms with E-state index >= 15 is 0 Å². The second-order valence-electron chi connectivity index (χ2n) is 4.64. The van der Waals surface area contributed by atoms with E-state index in [1.54, 1.807) is 24.3 Å². The van der Waals surface area contributed by atoms with Crippen LogP contribution in [0.5, 0.6) is 5.75 Å². The van der Waals surface area contributed by atoms with Gasteiger partial charge in [0, 0.05) is 11.1 Å². The van der Waals surface area contributed by atoms with Crippen molar-refractivity contribution in [2.45, 2.75) is 25.3 Å². The van der Waals surface area contributed by atoms with E-state index in [0.717, 1.165) is 31.7 Å². The zero-order valence-corrected chi connectivity index (χ0v) is 12.8. The van der Waals surface area contributed by atoms with E-state index in [1.807, 2.05) is 0 Å². The van der Waals surface area contributed by atoms with Crippen LogP contribution in [0, 0.1) is 0 Å². The van der Waals surface area contributed by atoms with Crippen LogP contribution in [0.2, 0.25) is 5.02 Å². The molecule has 112 valence electrons. The Morgan fingerprint density at radius 3 is 2.60 bits per heavy atom. The number of nitrogens with one attached hydrogen (secondary N) is 2. The van der Waals surface area contributed by atoms with E-state index in [-0.39, 0.29) is 18.3 Å². The molecular weight excluding hydrogens is 299 g/mol. The summed E-state index contributed by atoms with van der Waals surface area (Å²) in [6, 6.07) is 7.45. The van der Waals surface area contributed by atoms with Crippen LogP contribution in [-0.2, 0) is 4.79 Å². The quantitative estimate of drug-likeness (QED) is 0.876. The van der Waals surface area contributed by atoms with Crippen LogP contribution in [0.4, 0.5) is 0 Å². The van der Waals surface area contributed by atoms with Crippen LogP contribution in [0.25, 0.3) is 0 Å². The summed E-state index contributed by atoms with van der Waals surface area (Å²) in [5.74, 6) is 0.792. The highest BCUT2D eigenvalue weighted by atomic mass is 35.5. The van der Waals surface area contributed by atoms with Crippen molar-refractivity contribution < 1.29 is 9.53 Å². The molecular formula is C14H20Cl2N2O2. The third kappa shape index (κ3) is 5.99. The van der Waals surface area contributed by atoms with Crippen molar-refractivity contribution in [2.24, 2.45) is 0 Å². The number of ether oxygens (including phenoxy) is 1. The van der Waals surface area contributed by atoms with Gasteiger partial charge in [0.05, 0.1) is 13.0 Å². The lowest BCUT2D eigenvalue weighted by molar-refractivity contribution is -0.122. The summed E-state index contributed by atoms with van der Waals surface area (Å²) in [4.78, 5) is 11.7. The molecule has 0 bridgehead atoms. The van der Waals surface area contributed by atoms with Crippen molar-refractivity contribution in [1.82, 2.24) is 10.6 Å².